The molecule has 0 radical (unpaired) electrons. The van der Waals surface area contributed by atoms with Crippen molar-refractivity contribution in [3.05, 3.63) is 77.9 Å². The van der Waals surface area contributed by atoms with Crippen molar-refractivity contribution in [3.8, 4) is 17.2 Å². The molecule has 6 heteroatoms. The molecule has 0 fully saturated rings. The Labute approximate surface area is 195 Å². The predicted octanol–water partition coefficient (Wildman–Crippen LogP) is 5.80. The van der Waals surface area contributed by atoms with Crippen LogP contribution in [-0.4, -0.2) is 38.7 Å². The second-order valence-electron chi connectivity index (χ2n) is 8.74. The minimum absolute atomic E-state index is 0.264. The number of aryl methyl sites for hydroxylation is 1. The molecule has 33 heavy (non-hydrogen) atoms. The molecule has 2 N–H and O–H groups in total. The summed E-state index contributed by atoms with van der Waals surface area (Å²) in [6.45, 7) is 1.12. The van der Waals surface area contributed by atoms with Gasteiger partial charge >= 0.3 is 6.03 Å². The first-order chi connectivity index (χ1) is 16.0. The van der Waals surface area contributed by atoms with Gasteiger partial charge in [0, 0.05) is 17.9 Å². The summed E-state index contributed by atoms with van der Waals surface area (Å²) >= 11 is 0. The Kier molecular flexibility index (Phi) is 7.15. The lowest BCUT2D eigenvalue weighted by atomic mass is 9.83. The van der Waals surface area contributed by atoms with E-state index in [1.165, 1.54) is 17.5 Å². The van der Waals surface area contributed by atoms with Crippen LogP contribution in [0.3, 0.4) is 0 Å². The molecular formula is C27H31N3O3. The molecule has 0 heterocycles. The zero-order valence-electron chi connectivity index (χ0n) is 19.4. The van der Waals surface area contributed by atoms with Crippen LogP contribution in [0.4, 0.5) is 16.2 Å². The summed E-state index contributed by atoms with van der Waals surface area (Å²) in [6.07, 6.45) is 3.34. The summed E-state index contributed by atoms with van der Waals surface area (Å²) < 4.78 is 11.0. The van der Waals surface area contributed by atoms with Gasteiger partial charge in [-0.15, -0.1) is 0 Å². The standard InChI is InChI=1S/C27H31N3O3/c1-30(2)18-19-4-5-21-17-23(7-6-20(21)16-19)29-27(31)28-22-8-10-25(11-9-22)33-26-14-12-24(32-3)13-15-26/h6-15,17,19H,4-5,16,18H2,1-3H3,(H2,28,29,31). The van der Waals surface area contributed by atoms with Crippen molar-refractivity contribution in [2.24, 2.45) is 5.92 Å². The van der Waals surface area contributed by atoms with Crippen molar-refractivity contribution in [3.63, 3.8) is 0 Å². The van der Waals surface area contributed by atoms with Crippen molar-refractivity contribution in [2.45, 2.75) is 19.3 Å². The van der Waals surface area contributed by atoms with Gasteiger partial charge in [-0.2, -0.15) is 0 Å². The third-order valence-corrected chi connectivity index (χ3v) is 5.83. The highest BCUT2D eigenvalue weighted by Crippen LogP contribution is 2.29. The molecule has 1 atom stereocenters. The van der Waals surface area contributed by atoms with E-state index >= 15 is 0 Å². The lowest BCUT2D eigenvalue weighted by Gasteiger charge is -2.27. The number of benzene rings is 3. The Morgan fingerprint density at radius 1 is 0.879 bits per heavy atom. The van der Waals surface area contributed by atoms with Gasteiger partial charge in [0.05, 0.1) is 7.11 Å². The van der Waals surface area contributed by atoms with Crippen LogP contribution in [0, 0.1) is 5.92 Å². The average molecular weight is 446 g/mol. The van der Waals surface area contributed by atoms with Gasteiger partial charge in [0.25, 0.3) is 0 Å². The smallest absolute Gasteiger partial charge is 0.323 e. The van der Waals surface area contributed by atoms with Crippen molar-refractivity contribution in [1.82, 2.24) is 4.90 Å². The second kappa shape index (κ2) is 10.4. The van der Waals surface area contributed by atoms with Crippen molar-refractivity contribution >= 4 is 17.4 Å². The van der Waals surface area contributed by atoms with E-state index in [0.717, 1.165) is 36.6 Å². The third kappa shape index (κ3) is 6.26. The molecule has 0 saturated heterocycles. The first-order valence-corrected chi connectivity index (χ1v) is 11.2. The maximum Gasteiger partial charge on any atom is 0.323 e. The number of nitrogens with zero attached hydrogens (tertiary/aromatic N) is 1. The van der Waals surface area contributed by atoms with Crippen LogP contribution in [0.1, 0.15) is 17.5 Å². The van der Waals surface area contributed by atoms with Crippen LogP contribution in [0.25, 0.3) is 0 Å². The number of carbonyl (C=O) groups is 1. The Balaban J connectivity index is 1.30. The van der Waals surface area contributed by atoms with Gasteiger partial charge in [-0.1, -0.05) is 6.07 Å². The summed E-state index contributed by atoms with van der Waals surface area (Å²) in [7, 11) is 5.89. The number of urea groups is 1. The molecule has 6 nitrogen and oxygen atoms in total. The SMILES string of the molecule is COc1ccc(Oc2ccc(NC(=O)Nc3ccc4c(c3)CCC(CN(C)C)C4)cc2)cc1. The monoisotopic (exact) mass is 445 g/mol. The highest BCUT2D eigenvalue weighted by atomic mass is 16.5. The summed E-state index contributed by atoms with van der Waals surface area (Å²) in [5, 5.41) is 5.83. The van der Waals surface area contributed by atoms with Crippen LogP contribution in [0.2, 0.25) is 0 Å². The molecule has 3 aromatic carbocycles. The Bertz CT molecular complexity index is 1080. The van der Waals surface area contributed by atoms with Crippen molar-refractivity contribution < 1.29 is 14.3 Å². The minimum atomic E-state index is -0.264. The van der Waals surface area contributed by atoms with Gasteiger partial charge in [0.15, 0.2) is 0 Å². The van der Waals surface area contributed by atoms with E-state index < -0.39 is 0 Å². The number of nitrogens with one attached hydrogen (secondary N) is 2. The Morgan fingerprint density at radius 3 is 2.15 bits per heavy atom. The largest absolute Gasteiger partial charge is 0.497 e. The second-order valence-corrected chi connectivity index (χ2v) is 8.74. The summed E-state index contributed by atoms with van der Waals surface area (Å²) in [4.78, 5) is 14.7. The molecule has 4 rings (SSSR count). The Hall–Kier alpha value is -3.51. The molecule has 0 aromatic heterocycles. The third-order valence-electron chi connectivity index (χ3n) is 5.83. The molecular weight excluding hydrogens is 414 g/mol. The van der Waals surface area contributed by atoms with Crippen molar-refractivity contribution in [1.29, 1.82) is 0 Å². The van der Waals surface area contributed by atoms with Gasteiger partial charge in [-0.3, -0.25) is 0 Å². The molecule has 0 aliphatic heterocycles. The average Bonchev–Trinajstić information content (AvgIpc) is 2.80. The fourth-order valence-corrected chi connectivity index (χ4v) is 4.26. The highest BCUT2D eigenvalue weighted by Gasteiger charge is 2.19. The molecule has 1 aliphatic carbocycles. The van der Waals surface area contributed by atoms with E-state index in [0.29, 0.717) is 17.4 Å². The number of rotatable bonds is 7. The number of amides is 2. The van der Waals surface area contributed by atoms with E-state index in [9.17, 15) is 4.79 Å². The van der Waals surface area contributed by atoms with E-state index in [-0.39, 0.29) is 6.03 Å². The topological polar surface area (TPSA) is 62.8 Å². The maximum atomic E-state index is 12.5. The normalized spacial score (nSPS) is 15.0. The van der Waals surface area contributed by atoms with Gasteiger partial charge in [0.1, 0.15) is 17.2 Å². The summed E-state index contributed by atoms with van der Waals surface area (Å²) in [5.74, 6) is 2.88. The van der Waals surface area contributed by atoms with E-state index in [2.05, 4.69) is 41.8 Å². The van der Waals surface area contributed by atoms with E-state index in [4.69, 9.17) is 9.47 Å². The van der Waals surface area contributed by atoms with Crippen molar-refractivity contribution in [2.75, 3.05) is 38.4 Å². The van der Waals surface area contributed by atoms with E-state index in [1.807, 2.05) is 54.6 Å². The molecule has 1 unspecified atom stereocenters. The highest BCUT2D eigenvalue weighted by molar-refractivity contribution is 5.99. The zero-order chi connectivity index (χ0) is 23.2. The van der Waals surface area contributed by atoms with Gasteiger partial charge < -0.3 is 25.0 Å². The van der Waals surface area contributed by atoms with Gasteiger partial charge in [-0.25, -0.2) is 4.79 Å². The molecule has 172 valence electrons. The number of fused-ring (bicyclic) bond motifs is 1. The quantitative estimate of drug-likeness (QED) is 0.483. The summed E-state index contributed by atoms with van der Waals surface area (Å²) in [5.41, 5.74) is 4.24. The number of anilines is 2. The predicted molar refractivity (Wildman–Crippen MR) is 133 cm³/mol. The van der Waals surface area contributed by atoms with Crippen LogP contribution in [-0.2, 0) is 12.8 Å². The van der Waals surface area contributed by atoms with Crippen LogP contribution in [0.5, 0.6) is 17.2 Å². The summed E-state index contributed by atoms with van der Waals surface area (Å²) in [6, 6.07) is 20.6. The fraction of sp³-hybridized carbons (Fsp3) is 0.296. The number of methoxy groups -OCH3 is 1. The molecule has 3 aromatic rings. The number of ether oxygens (including phenoxy) is 2. The van der Waals surface area contributed by atoms with Gasteiger partial charge in [-0.05, 0) is 111 Å². The van der Waals surface area contributed by atoms with E-state index in [1.54, 1.807) is 7.11 Å². The first-order valence-electron chi connectivity index (χ1n) is 11.2. The maximum absolute atomic E-state index is 12.5. The number of carbonyl (C=O) groups excluding carboxylic acids is 1. The zero-order valence-corrected chi connectivity index (χ0v) is 19.4. The lowest BCUT2D eigenvalue weighted by molar-refractivity contribution is 0.262. The lowest BCUT2D eigenvalue weighted by Crippen LogP contribution is -2.26. The molecule has 0 bridgehead atoms. The first kappa shape index (κ1) is 22.7. The van der Waals surface area contributed by atoms with Crippen LogP contribution >= 0.6 is 0 Å². The number of hydrogen-bond acceptors (Lipinski definition) is 4. The molecule has 0 saturated carbocycles. The minimum Gasteiger partial charge on any atom is -0.497 e. The fourth-order valence-electron chi connectivity index (χ4n) is 4.26. The van der Waals surface area contributed by atoms with Crippen LogP contribution in [0.15, 0.2) is 66.7 Å². The van der Waals surface area contributed by atoms with Gasteiger partial charge in [0.2, 0.25) is 0 Å². The molecule has 2 amide bonds. The van der Waals surface area contributed by atoms with Crippen LogP contribution < -0.4 is 20.1 Å². The number of hydrogen-bond donors (Lipinski definition) is 2. The molecule has 0 spiro atoms. The Morgan fingerprint density at radius 2 is 1.48 bits per heavy atom. The molecule has 1 aliphatic rings.